The van der Waals surface area contributed by atoms with Gasteiger partial charge in [0.25, 0.3) is 5.91 Å². The average molecular weight is 793 g/mol. The summed E-state index contributed by atoms with van der Waals surface area (Å²) in [5.41, 5.74) is 0.690. The third kappa shape index (κ3) is 14.1. The van der Waals surface area contributed by atoms with Crippen LogP contribution in [0.1, 0.15) is 20.7 Å². The number of amides is 2. The summed E-state index contributed by atoms with van der Waals surface area (Å²) in [6.07, 6.45) is 0. The van der Waals surface area contributed by atoms with Crippen molar-refractivity contribution in [3.05, 3.63) is 90.0 Å². The van der Waals surface area contributed by atoms with Gasteiger partial charge in [0.15, 0.2) is 0 Å². The normalized spacial score (nSPS) is 15.2. The molecule has 1 aliphatic heterocycles. The lowest BCUT2D eigenvalue weighted by Crippen LogP contribution is -2.50. The summed E-state index contributed by atoms with van der Waals surface area (Å²) in [5.74, 6) is -4.36. The first-order valence-electron chi connectivity index (χ1n) is 18.2. The number of carboxylic acids is 3. The highest BCUT2D eigenvalue weighted by Gasteiger charge is 2.25. The van der Waals surface area contributed by atoms with Crippen molar-refractivity contribution in [1.82, 2.24) is 30.2 Å². The van der Waals surface area contributed by atoms with E-state index in [0.29, 0.717) is 29.5 Å². The van der Waals surface area contributed by atoms with E-state index in [0.717, 1.165) is 10.6 Å². The maximum atomic E-state index is 13.4. The Kier molecular flexibility index (Phi) is 17.3. The minimum Gasteiger partial charge on any atom is -0.480 e. The lowest BCUT2D eigenvalue weighted by Gasteiger charge is -2.32. The average Bonchev–Trinajstić information content (AvgIpc) is 3.17. The van der Waals surface area contributed by atoms with Crippen LogP contribution in [0.25, 0.3) is 0 Å². The SMILES string of the molecule is COC(=O)c1ccc(C(=O)NCCNC(=O)CN2CCN(CC(=O)O)CCN(CC(=O)O)CCN(CC(=O)O)CC2)cc1P(c1ccccc1)c1ccccc1. The van der Waals surface area contributed by atoms with Crippen molar-refractivity contribution in [2.75, 3.05) is 98.7 Å². The molecule has 5 N–H and O–H groups in total. The zero-order valence-electron chi connectivity index (χ0n) is 31.3. The van der Waals surface area contributed by atoms with Gasteiger partial charge in [-0.05, 0) is 36.7 Å². The number of benzene rings is 3. The Morgan fingerprint density at radius 1 is 0.589 bits per heavy atom. The van der Waals surface area contributed by atoms with Crippen LogP contribution < -0.4 is 26.5 Å². The van der Waals surface area contributed by atoms with Crippen LogP contribution in [0, 0.1) is 0 Å². The number of nitrogens with one attached hydrogen (secondary N) is 2. The molecule has 4 rings (SSSR count). The van der Waals surface area contributed by atoms with Crippen molar-refractivity contribution in [3.63, 3.8) is 0 Å². The van der Waals surface area contributed by atoms with Gasteiger partial charge in [0.05, 0.1) is 38.9 Å². The molecule has 300 valence electrons. The zero-order valence-corrected chi connectivity index (χ0v) is 32.2. The minimum absolute atomic E-state index is 0.0538. The molecule has 0 radical (unpaired) electrons. The predicted molar refractivity (Wildman–Crippen MR) is 210 cm³/mol. The van der Waals surface area contributed by atoms with Crippen molar-refractivity contribution >= 4 is 59.5 Å². The van der Waals surface area contributed by atoms with Crippen molar-refractivity contribution < 1.29 is 48.8 Å². The second kappa shape index (κ2) is 22.3. The van der Waals surface area contributed by atoms with E-state index in [2.05, 4.69) is 10.6 Å². The van der Waals surface area contributed by atoms with Crippen LogP contribution >= 0.6 is 7.92 Å². The molecule has 1 saturated heterocycles. The molecule has 0 atom stereocenters. The summed E-state index contributed by atoms with van der Waals surface area (Å²) in [6.45, 7) is 1.61. The highest BCUT2D eigenvalue weighted by atomic mass is 31.1. The zero-order chi connectivity index (χ0) is 40.5. The lowest BCUT2D eigenvalue weighted by atomic mass is 10.1. The Bertz CT molecular complexity index is 1730. The molecular weight excluding hydrogens is 743 g/mol. The summed E-state index contributed by atoms with van der Waals surface area (Å²) in [6, 6.07) is 24.4. The number of ether oxygens (including phenoxy) is 1. The third-order valence-electron chi connectivity index (χ3n) is 9.04. The fraction of sp³-hybridized carbons (Fsp3) is 0.385. The Labute approximate surface area is 326 Å². The Morgan fingerprint density at radius 3 is 1.41 bits per heavy atom. The smallest absolute Gasteiger partial charge is 0.338 e. The Balaban J connectivity index is 1.40. The van der Waals surface area contributed by atoms with Gasteiger partial charge in [-0.2, -0.15) is 0 Å². The predicted octanol–water partition coefficient (Wildman–Crippen LogP) is -0.447. The van der Waals surface area contributed by atoms with Crippen LogP contribution in [0.15, 0.2) is 78.9 Å². The molecule has 0 saturated carbocycles. The van der Waals surface area contributed by atoms with Crippen LogP contribution in [0.4, 0.5) is 0 Å². The van der Waals surface area contributed by atoms with Crippen LogP contribution in [0.2, 0.25) is 0 Å². The van der Waals surface area contributed by atoms with Gasteiger partial charge in [0.1, 0.15) is 0 Å². The monoisotopic (exact) mass is 792 g/mol. The topological polar surface area (TPSA) is 209 Å². The number of carbonyl (C=O) groups is 6. The molecule has 2 amide bonds. The fourth-order valence-electron chi connectivity index (χ4n) is 6.25. The number of aliphatic carboxylic acids is 3. The highest BCUT2D eigenvalue weighted by Crippen LogP contribution is 2.34. The third-order valence-corrected chi connectivity index (χ3v) is 11.5. The quantitative estimate of drug-likeness (QED) is 0.0708. The van der Waals surface area contributed by atoms with Crippen LogP contribution in [0.5, 0.6) is 0 Å². The maximum absolute atomic E-state index is 13.4. The van der Waals surface area contributed by atoms with E-state index < -0.39 is 37.7 Å². The number of carboxylic acid groups (broad SMARTS) is 3. The molecule has 0 bridgehead atoms. The molecule has 17 heteroatoms. The van der Waals surface area contributed by atoms with Gasteiger partial charge in [-0.1, -0.05) is 60.7 Å². The number of methoxy groups -OCH3 is 1. The van der Waals surface area contributed by atoms with E-state index in [4.69, 9.17) is 4.74 Å². The van der Waals surface area contributed by atoms with Crippen LogP contribution in [-0.2, 0) is 23.9 Å². The summed E-state index contributed by atoms with van der Waals surface area (Å²) in [7, 11) is 0.0750. The van der Waals surface area contributed by atoms with E-state index in [1.54, 1.807) is 32.9 Å². The first-order valence-corrected chi connectivity index (χ1v) is 19.5. The van der Waals surface area contributed by atoms with E-state index in [-0.39, 0.29) is 84.4 Å². The second-order valence-electron chi connectivity index (χ2n) is 13.1. The summed E-state index contributed by atoms with van der Waals surface area (Å²) < 4.78 is 5.10. The first-order chi connectivity index (χ1) is 26.9. The van der Waals surface area contributed by atoms with Gasteiger partial charge in [-0.15, -0.1) is 0 Å². The van der Waals surface area contributed by atoms with Gasteiger partial charge in [-0.25, -0.2) is 4.79 Å². The molecule has 16 nitrogen and oxygen atoms in total. The Morgan fingerprint density at radius 2 is 1.00 bits per heavy atom. The Hall–Kier alpha value is -5.25. The molecular formula is C39H49N6O10P. The number of rotatable bonds is 16. The number of hydrogen-bond donors (Lipinski definition) is 5. The largest absolute Gasteiger partial charge is 0.480 e. The molecule has 1 heterocycles. The molecule has 3 aromatic carbocycles. The second-order valence-corrected chi connectivity index (χ2v) is 15.3. The molecule has 1 fully saturated rings. The first kappa shape index (κ1) is 43.5. The van der Waals surface area contributed by atoms with Crippen molar-refractivity contribution in [2.24, 2.45) is 0 Å². The molecule has 56 heavy (non-hydrogen) atoms. The van der Waals surface area contributed by atoms with E-state index >= 15 is 0 Å². The molecule has 0 unspecified atom stereocenters. The van der Waals surface area contributed by atoms with Gasteiger partial charge < -0.3 is 30.7 Å². The number of esters is 1. The van der Waals surface area contributed by atoms with Crippen molar-refractivity contribution in [1.29, 1.82) is 0 Å². The molecule has 0 aliphatic carbocycles. The van der Waals surface area contributed by atoms with Gasteiger partial charge in [0, 0.05) is 76.3 Å². The van der Waals surface area contributed by atoms with E-state index in [1.807, 2.05) is 65.6 Å². The number of carbonyl (C=O) groups excluding carboxylic acids is 3. The molecule has 1 aliphatic rings. The standard InChI is InChI=1S/C39H49N6O10P/c1-55-39(54)32-13-12-29(24-33(32)56(30-8-4-2-5-9-30)31-10-6-3-7-11-31)38(53)41-15-14-40-34(46)25-42-16-18-43(26-35(47)48)20-22-45(28-37(51)52)23-21-44(19-17-42)27-36(49)50/h2-13,24H,14-23,25-28H2,1H3,(H,40,46)(H,41,53)(H,47,48)(H,49,50)(H,51,52). The van der Waals surface area contributed by atoms with Gasteiger partial charge in [-0.3, -0.25) is 43.6 Å². The number of hydrogen-bond acceptors (Lipinski definition) is 11. The van der Waals surface area contributed by atoms with Gasteiger partial charge in [0.2, 0.25) is 5.91 Å². The molecule has 3 aromatic rings. The lowest BCUT2D eigenvalue weighted by molar-refractivity contribution is -0.140. The maximum Gasteiger partial charge on any atom is 0.338 e. The van der Waals surface area contributed by atoms with Crippen LogP contribution in [-0.4, -0.2) is 169 Å². The van der Waals surface area contributed by atoms with Crippen molar-refractivity contribution in [2.45, 2.75) is 0 Å². The minimum atomic E-state index is -1.24. The van der Waals surface area contributed by atoms with E-state index in [1.165, 1.54) is 7.11 Å². The van der Waals surface area contributed by atoms with E-state index in [9.17, 15) is 44.1 Å². The summed E-state index contributed by atoms with van der Waals surface area (Å²) in [5, 5.41) is 36.6. The number of nitrogens with zero attached hydrogens (tertiary/aromatic N) is 4. The molecule has 0 spiro atoms. The molecule has 0 aromatic heterocycles. The summed E-state index contributed by atoms with van der Waals surface area (Å²) >= 11 is 0. The van der Waals surface area contributed by atoms with Crippen LogP contribution in [0.3, 0.4) is 0 Å². The fourth-order valence-corrected chi connectivity index (χ4v) is 8.72. The summed E-state index contributed by atoms with van der Waals surface area (Å²) in [4.78, 5) is 80.8. The highest BCUT2D eigenvalue weighted by molar-refractivity contribution is 7.80. The van der Waals surface area contributed by atoms with Gasteiger partial charge >= 0.3 is 23.9 Å². The van der Waals surface area contributed by atoms with Crippen molar-refractivity contribution in [3.8, 4) is 0 Å².